The van der Waals surface area contributed by atoms with Crippen molar-refractivity contribution in [2.45, 2.75) is 6.92 Å². The minimum atomic E-state index is -0.0441. The lowest BCUT2D eigenvalue weighted by Gasteiger charge is -2.34. The molecule has 0 N–H and O–H groups in total. The minimum absolute atomic E-state index is 0.0441. The van der Waals surface area contributed by atoms with E-state index in [9.17, 15) is 4.79 Å². The number of piperazine rings is 1. The Morgan fingerprint density at radius 3 is 2.46 bits per heavy atom. The maximum absolute atomic E-state index is 12.8. The van der Waals surface area contributed by atoms with E-state index >= 15 is 0 Å². The van der Waals surface area contributed by atoms with Crippen LogP contribution in [0.25, 0.3) is 11.0 Å². The predicted molar refractivity (Wildman–Crippen MR) is 91.1 cm³/mol. The van der Waals surface area contributed by atoms with Gasteiger partial charge in [-0.1, -0.05) is 18.2 Å². The summed E-state index contributed by atoms with van der Waals surface area (Å²) in [5, 5.41) is 0.997. The van der Waals surface area contributed by atoms with Crippen LogP contribution in [0.2, 0.25) is 0 Å². The molecule has 4 rings (SSSR count). The Hall–Kier alpha value is -2.89. The third kappa shape index (κ3) is 2.50. The van der Waals surface area contributed by atoms with E-state index in [1.165, 1.54) is 0 Å². The van der Waals surface area contributed by atoms with Crippen molar-refractivity contribution in [1.29, 1.82) is 0 Å². The number of hydrogen-bond donors (Lipinski definition) is 0. The quantitative estimate of drug-likeness (QED) is 0.725. The summed E-state index contributed by atoms with van der Waals surface area (Å²) in [5.74, 6) is 1.11. The van der Waals surface area contributed by atoms with Crippen LogP contribution >= 0.6 is 0 Å². The first-order valence-electron chi connectivity index (χ1n) is 8.03. The maximum Gasteiger partial charge on any atom is 0.290 e. The van der Waals surface area contributed by atoms with E-state index in [1.807, 2.05) is 36.1 Å². The number of carbonyl (C=O) groups is 1. The number of para-hydroxylation sites is 1. The molecule has 1 aliphatic rings. The first kappa shape index (κ1) is 14.7. The zero-order valence-corrected chi connectivity index (χ0v) is 13.5. The molecule has 0 aliphatic carbocycles. The van der Waals surface area contributed by atoms with E-state index in [4.69, 9.17) is 4.42 Å². The topological polar surface area (TPSA) is 62.5 Å². The molecule has 0 atom stereocenters. The van der Waals surface area contributed by atoms with Crippen molar-refractivity contribution in [3.05, 3.63) is 54.0 Å². The van der Waals surface area contributed by atoms with Crippen LogP contribution in [0, 0.1) is 6.92 Å². The monoisotopic (exact) mass is 322 g/mol. The first-order valence-corrected chi connectivity index (χ1v) is 8.03. The standard InChI is InChI=1S/C18H18N4O2/c1-13-14-5-2-3-6-15(14)24-16(13)17(23)21-9-11-22(12-10-21)18-19-7-4-8-20-18/h2-8H,9-12H2,1H3. The molecular weight excluding hydrogens is 304 g/mol. The second-order valence-corrected chi connectivity index (χ2v) is 5.88. The predicted octanol–water partition coefficient (Wildman–Crippen LogP) is 2.49. The van der Waals surface area contributed by atoms with Crippen LogP contribution in [0.3, 0.4) is 0 Å². The van der Waals surface area contributed by atoms with Crippen molar-refractivity contribution in [3.63, 3.8) is 0 Å². The fraction of sp³-hybridized carbons (Fsp3) is 0.278. The molecular formula is C18H18N4O2. The van der Waals surface area contributed by atoms with Gasteiger partial charge in [-0.3, -0.25) is 4.79 Å². The van der Waals surface area contributed by atoms with Crippen LogP contribution in [0.4, 0.5) is 5.95 Å². The fourth-order valence-corrected chi connectivity index (χ4v) is 3.09. The molecule has 1 amide bonds. The van der Waals surface area contributed by atoms with Gasteiger partial charge >= 0.3 is 0 Å². The molecule has 0 saturated carbocycles. The highest BCUT2D eigenvalue weighted by atomic mass is 16.3. The van der Waals surface area contributed by atoms with Gasteiger partial charge < -0.3 is 14.2 Å². The summed E-state index contributed by atoms with van der Waals surface area (Å²) in [6.07, 6.45) is 3.47. The Labute approximate surface area is 139 Å². The molecule has 6 nitrogen and oxygen atoms in total. The van der Waals surface area contributed by atoms with Gasteiger partial charge in [-0.15, -0.1) is 0 Å². The van der Waals surface area contributed by atoms with Crippen LogP contribution in [-0.2, 0) is 0 Å². The number of nitrogens with zero attached hydrogens (tertiary/aromatic N) is 4. The average molecular weight is 322 g/mol. The third-order valence-electron chi connectivity index (χ3n) is 4.44. The lowest BCUT2D eigenvalue weighted by molar-refractivity contribution is 0.0715. The molecule has 1 aliphatic heterocycles. The van der Waals surface area contributed by atoms with Crippen LogP contribution in [-0.4, -0.2) is 47.0 Å². The molecule has 0 bridgehead atoms. The van der Waals surface area contributed by atoms with E-state index in [-0.39, 0.29) is 5.91 Å². The molecule has 1 saturated heterocycles. The Morgan fingerprint density at radius 2 is 1.75 bits per heavy atom. The smallest absolute Gasteiger partial charge is 0.290 e. The highest BCUT2D eigenvalue weighted by molar-refractivity contribution is 5.99. The molecule has 6 heteroatoms. The lowest BCUT2D eigenvalue weighted by atomic mass is 10.1. The molecule has 1 aromatic carbocycles. The van der Waals surface area contributed by atoms with Gasteiger partial charge in [0.25, 0.3) is 5.91 Å². The van der Waals surface area contributed by atoms with Gasteiger partial charge in [-0.25, -0.2) is 9.97 Å². The number of benzene rings is 1. The van der Waals surface area contributed by atoms with E-state index in [0.717, 1.165) is 29.6 Å². The zero-order chi connectivity index (χ0) is 16.5. The Balaban J connectivity index is 1.51. The summed E-state index contributed by atoms with van der Waals surface area (Å²) >= 11 is 0. The Bertz CT molecular complexity index is 867. The second-order valence-electron chi connectivity index (χ2n) is 5.88. The second kappa shape index (κ2) is 5.96. The number of furan rings is 1. The van der Waals surface area contributed by atoms with E-state index in [1.54, 1.807) is 18.5 Å². The summed E-state index contributed by atoms with van der Waals surface area (Å²) in [6.45, 7) is 4.64. The van der Waals surface area contributed by atoms with Crippen molar-refractivity contribution in [1.82, 2.24) is 14.9 Å². The van der Waals surface area contributed by atoms with E-state index in [0.29, 0.717) is 24.8 Å². The van der Waals surface area contributed by atoms with Crippen molar-refractivity contribution in [3.8, 4) is 0 Å². The molecule has 122 valence electrons. The van der Waals surface area contributed by atoms with Gasteiger partial charge in [0.1, 0.15) is 5.58 Å². The van der Waals surface area contributed by atoms with Gasteiger partial charge in [-0.05, 0) is 19.1 Å². The van der Waals surface area contributed by atoms with E-state index in [2.05, 4.69) is 14.9 Å². The van der Waals surface area contributed by atoms with Crippen molar-refractivity contribution in [2.75, 3.05) is 31.1 Å². The van der Waals surface area contributed by atoms with Gasteiger partial charge in [0.05, 0.1) is 0 Å². The molecule has 0 radical (unpaired) electrons. The summed E-state index contributed by atoms with van der Waals surface area (Å²) in [7, 11) is 0. The van der Waals surface area contributed by atoms with Crippen molar-refractivity contribution < 1.29 is 9.21 Å². The fourth-order valence-electron chi connectivity index (χ4n) is 3.09. The molecule has 3 heterocycles. The maximum atomic E-state index is 12.8. The summed E-state index contributed by atoms with van der Waals surface area (Å²) in [6, 6.07) is 9.54. The molecule has 3 aromatic rings. The number of carbonyl (C=O) groups excluding carboxylic acids is 1. The van der Waals surface area contributed by atoms with Gasteiger partial charge in [0.15, 0.2) is 5.76 Å². The number of rotatable bonds is 2. The summed E-state index contributed by atoms with van der Waals surface area (Å²) in [4.78, 5) is 25.3. The van der Waals surface area contributed by atoms with E-state index < -0.39 is 0 Å². The molecule has 24 heavy (non-hydrogen) atoms. The van der Waals surface area contributed by atoms with Crippen LogP contribution in [0.1, 0.15) is 16.1 Å². The molecule has 0 spiro atoms. The third-order valence-corrected chi connectivity index (χ3v) is 4.44. The minimum Gasteiger partial charge on any atom is -0.451 e. The lowest BCUT2D eigenvalue weighted by Crippen LogP contribution is -2.49. The highest BCUT2D eigenvalue weighted by Gasteiger charge is 2.27. The summed E-state index contributed by atoms with van der Waals surface area (Å²) in [5.41, 5.74) is 1.67. The number of anilines is 1. The highest BCUT2D eigenvalue weighted by Crippen LogP contribution is 2.26. The molecule has 1 fully saturated rings. The van der Waals surface area contributed by atoms with Crippen LogP contribution in [0.15, 0.2) is 47.1 Å². The number of aryl methyl sites for hydroxylation is 1. The molecule has 2 aromatic heterocycles. The Kier molecular flexibility index (Phi) is 3.65. The molecule has 0 unspecified atom stereocenters. The largest absolute Gasteiger partial charge is 0.451 e. The average Bonchev–Trinajstić information content (AvgIpc) is 2.99. The van der Waals surface area contributed by atoms with Crippen LogP contribution < -0.4 is 4.90 Å². The SMILES string of the molecule is Cc1c(C(=O)N2CCN(c3ncccn3)CC2)oc2ccccc12. The number of aromatic nitrogens is 2. The normalized spacial score (nSPS) is 15.0. The number of fused-ring (bicyclic) bond motifs is 1. The van der Waals surface area contributed by atoms with Crippen molar-refractivity contribution in [2.24, 2.45) is 0 Å². The number of amides is 1. The van der Waals surface area contributed by atoms with Gasteiger partial charge in [-0.2, -0.15) is 0 Å². The van der Waals surface area contributed by atoms with Crippen LogP contribution in [0.5, 0.6) is 0 Å². The summed E-state index contributed by atoms with van der Waals surface area (Å²) < 4.78 is 5.80. The van der Waals surface area contributed by atoms with Gasteiger partial charge in [0.2, 0.25) is 5.95 Å². The Morgan fingerprint density at radius 1 is 1.04 bits per heavy atom. The first-order chi connectivity index (χ1) is 11.7. The number of hydrogen-bond acceptors (Lipinski definition) is 5. The zero-order valence-electron chi connectivity index (χ0n) is 13.5. The van der Waals surface area contributed by atoms with Gasteiger partial charge in [0, 0.05) is 49.5 Å². The van der Waals surface area contributed by atoms with Crippen molar-refractivity contribution >= 4 is 22.8 Å².